The second-order valence-corrected chi connectivity index (χ2v) is 7.82. The van der Waals surface area contributed by atoms with Crippen LogP contribution in [0.1, 0.15) is 49.3 Å². The number of ether oxygens (including phenoxy) is 1. The average molecular weight is 394 g/mol. The molecule has 0 fully saturated rings. The predicted octanol–water partition coefficient (Wildman–Crippen LogP) is 4.84. The largest absolute Gasteiger partial charge is 0.497 e. The number of unbranched alkanes of at least 4 members (excludes halogenated alkanes) is 2. The summed E-state index contributed by atoms with van der Waals surface area (Å²) in [4.78, 5) is 17.1. The lowest BCUT2D eigenvalue weighted by Gasteiger charge is -2.12. The maximum absolute atomic E-state index is 12.2. The van der Waals surface area contributed by atoms with E-state index in [0.29, 0.717) is 23.8 Å². The summed E-state index contributed by atoms with van der Waals surface area (Å²) in [6.07, 6.45) is 4.05. The van der Waals surface area contributed by atoms with Crippen molar-refractivity contribution in [1.29, 1.82) is 0 Å². The Balaban J connectivity index is 1.46. The number of hydrogen-bond donors (Lipinski definition) is 1. The third-order valence-electron chi connectivity index (χ3n) is 4.98. The van der Waals surface area contributed by atoms with E-state index in [9.17, 15) is 4.79 Å². The highest BCUT2D eigenvalue weighted by Crippen LogP contribution is 2.19. The minimum absolute atomic E-state index is 0.0531. The number of nitrogens with zero attached hydrogens (tertiary/aromatic N) is 2. The number of nitrogens with one attached hydrogen (secondary N) is 1. The van der Waals surface area contributed by atoms with Crippen LogP contribution in [0.2, 0.25) is 0 Å². The Morgan fingerprint density at radius 2 is 1.93 bits per heavy atom. The molecule has 0 saturated heterocycles. The topological polar surface area (TPSA) is 56.1 Å². The fourth-order valence-corrected chi connectivity index (χ4v) is 3.54. The molecule has 3 rings (SSSR count). The molecule has 1 heterocycles. The molecule has 3 aromatic rings. The van der Waals surface area contributed by atoms with Gasteiger partial charge in [-0.15, -0.1) is 0 Å². The number of hydrogen-bond acceptors (Lipinski definition) is 3. The van der Waals surface area contributed by atoms with Crippen LogP contribution in [0.15, 0.2) is 48.5 Å². The van der Waals surface area contributed by atoms with Crippen LogP contribution in [-0.4, -0.2) is 29.1 Å². The van der Waals surface area contributed by atoms with Crippen molar-refractivity contribution in [3.05, 3.63) is 59.9 Å². The number of imidazole rings is 1. The minimum Gasteiger partial charge on any atom is -0.497 e. The van der Waals surface area contributed by atoms with Gasteiger partial charge in [-0.25, -0.2) is 4.98 Å². The molecule has 29 heavy (non-hydrogen) atoms. The highest BCUT2D eigenvalue weighted by molar-refractivity contribution is 5.94. The van der Waals surface area contributed by atoms with Crippen molar-refractivity contribution in [2.45, 2.75) is 46.1 Å². The van der Waals surface area contributed by atoms with Gasteiger partial charge in [0.05, 0.1) is 18.1 Å². The quantitative estimate of drug-likeness (QED) is 0.501. The van der Waals surface area contributed by atoms with E-state index in [1.807, 2.05) is 18.2 Å². The van der Waals surface area contributed by atoms with Gasteiger partial charge in [-0.2, -0.15) is 0 Å². The number of aromatic nitrogens is 2. The number of carbonyl (C=O) groups is 1. The van der Waals surface area contributed by atoms with Crippen molar-refractivity contribution in [2.75, 3.05) is 13.7 Å². The van der Waals surface area contributed by atoms with Crippen molar-refractivity contribution in [3.63, 3.8) is 0 Å². The van der Waals surface area contributed by atoms with Gasteiger partial charge in [-0.05, 0) is 49.1 Å². The first kappa shape index (κ1) is 20.9. The number of fused-ring (bicyclic) bond motifs is 1. The molecule has 5 nitrogen and oxygen atoms in total. The first-order valence-corrected chi connectivity index (χ1v) is 10.4. The monoisotopic (exact) mass is 393 g/mol. The second-order valence-electron chi connectivity index (χ2n) is 7.82. The lowest BCUT2D eigenvalue weighted by atomic mass is 10.1. The first-order chi connectivity index (χ1) is 14.1. The number of amides is 1. The van der Waals surface area contributed by atoms with Gasteiger partial charge in [0.2, 0.25) is 0 Å². The van der Waals surface area contributed by atoms with Crippen LogP contribution in [0.3, 0.4) is 0 Å². The molecule has 5 heteroatoms. The van der Waals surface area contributed by atoms with Crippen LogP contribution in [0, 0.1) is 5.92 Å². The van der Waals surface area contributed by atoms with Gasteiger partial charge < -0.3 is 14.6 Å². The van der Waals surface area contributed by atoms with Gasteiger partial charge in [0.25, 0.3) is 5.91 Å². The van der Waals surface area contributed by atoms with Crippen molar-refractivity contribution >= 4 is 16.9 Å². The van der Waals surface area contributed by atoms with E-state index in [-0.39, 0.29) is 5.91 Å². The summed E-state index contributed by atoms with van der Waals surface area (Å²) in [6.45, 7) is 6.15. The molecule has 0 aliphatic carbocycles. The normalized spacial score (nSPS) is 11.2. The van der Waals surface area contributed by atoms with E-state index in [1.54, 1.807) is 19.2 Å². The SMILES string of the molecule is COc1cccc(C(=O)NCCCCCc2nc3ccccc3n2CC(C)C)c1. The molecule has 154 valence electrons. The summed E-state index contributed by atoms with van der Waals surface area (Å²) in [5.74, 6) is 2.39. The minimum atomic E-state index is -0.0531. The Morgan fingerprint density at radius 3 is 2.72 bits per heavy atom. The predicted molar refractivity (Wildman–Crippen MR) is 117 cm³/mol. The van der Waals surface area contributed by atoms with E-state index < -0.39 is 0 Å². The van der Waals surface area contributed by atoms with Gasteiger partial charge in [0.1, 0.15) is 11.6 Å². The summed E-state index contributed by atoms with van der Waals surface area (Å²) in [5, 5.41) is 2.99. The number of methoxy groups -OCH3 is 1. The van der Waals surface area contributed by atoms with Gasteiger partial charge in [0.15, 0.2) is 0 Å². The van der Waals surface area contributed by atoms with Crippen LogP contribution in [0.4, 0.5) is 0 Å². The Labute approximate surface area is 173 Å². The zero-order valence-electron chi connectivity index (χ0n) is 17.6. The Morgan fingerprint density at radius 1 is 1.10 bits per heavy atom. The van der Waals surface area contributed by atoms with Gasteiger partial charge in [-0.1, -0.05) is 38.5 Å². The number of para-hydroxylation sites is 2. The standard InChI is InChI=1S/C24H31N3O2/c1-18(2)17-27-22-13-7-6-12-21(22)26-23(27)14-5-4-8-15-25-24(28)19-10-9-11-20(16-19)29-3/h6-7,9-13,16,18H,4-5,8,14-15,17H2,1-3H3,(H,25,28). The molecule has 1 N–H and O–H groups in total. The maximum Gasteiger partial charge on any atom is 0.251 e. The summed E-state index contributed by atoms with van der Waals surface area (Å²) in [5.41, 5.74) is 2.93. The van der Waals surface area contributed by atoms with E-state index in [4.69, 9.17) is 9.72 Å². The molecule has 1 aromatic heterocycles. The van der Waals surface area contributed by atoms with Crippen molar-refractivity contribution in [3.8, 4) is 5.75 Å². The number of carbonyl (C=O) groups excluding carboxylic acids is 1. The smallest absolute Gasteiger partial charge is 0.251 e. The summed E-state index contributed by atoms with van der Waals surface area (Å²) >= 11 is 0. The van der Waals surface area contributed by atoms with E-state index >= 15 is 0 Å². The highest BCUT2D eigenvalue weighted by atomic mass is 16.5. The van der Waals surface area contributed by atoms with Crippen molar-refractivity contribution in [2.24, 2.45) is 5.92 Å². The number of benzene rings is 2. The Hall–Kier alpha value is -2.82. The maximum atomic E-state index is 12.2. The molecule has 0 radical (unpaired) electrons. The molecule has 0 saturated carbocycles. The summed E-state index contributed by atoms with van der Waals surface area (Å²) in [7, 11) is 1.60. The second kappa shape index (κ2) is 10.1. The third kappa shape index (κ3) is 5.59. The molecule has 0 unspecified atom stereocenters. The van der Waals surface area contributed by atoms with Crippen LogP contribution < -0.4 is 10.1 Å². The average Bonchev–Trinajstić information content (AvgIpc) is 3.07. The third-order valence-corrected chi connectivity index (χ3v) is 4.98. The van der Waals surface area contributed by atoms with E-state index in [2.05, 4.69) is 41.9 Å². The lowest BCUT2D eigenvalue weighted by molar-refractivity contribution is 0.0952. The Bertz CT molecular complexity index is 946. The zero-order valence-corrected chi connectivity index (χ0v) is 17.6. The van der Waals surface area contributed by atoms with Gasteiger partial charge in [0, 0.05) is 25.1 Å². The van der Waals surface area contributed by atoms with Crippen LogP contribution >= 0.6 is 0 Å². The van der Waals surface area contributed by atoms with Crippen LogP contribution in [0.5, 0.6) is 5.75 Å². The molecular weight excluding hydrogens is 362 g/mol. The zero-order chi connectivity index (χ0) is 20.6. The molecule has 0 aliphatic rings. The first-order valence-electron chi connectivity index (χ1n) is 10.4. The molecule has 1 amide bonds. The van der Waals surface area contributed by atoms with Crippen LogP contribution in [0.25, 0.3) is 11.0 Å². The molecule has 2 aromatic carbocycles. The number of aryl methyl sites for hydroxylation is 1. The van der Waals surface area contributed by atoms with E-state index in [0.717, 1.165) is 37.7 Å². The fourth-order valence-electron chi connectivity index (χ4n) is 3.54. The van der Waals surface area contributed by atoms with Crippen LogP contribution in [-0.2, 0) is 13.0 Å². The summed E-state index contributed by atoms with van der Waals surface area (Å²) < 4.78 is 7.54. The molecule has 0 spiro atoms. The van der Waals surface area contributed by atoms with Gasteiger partial charge in [-0.3, -0.25) is 4.79 Å². The van der Waals surface area contributed by atoms with E-state index in [1.165, 1.54) is 11.3 Å². The van der Waals surface area contributed by atoms with Gasteiger partial charge >= 0.3 is 0 Å². The van der Waals surface area contributed by atoms with Crippen molar-refractivity contribution in [1.82, 2.24) is 14.9 Å². The lowest BCUT2D eigenvalue weighted by Crippen LogP contribution is -2.24. The highest BCUT2D eigenvalue weighted by Gasteiger charge is 2.11. The molecule has 0 aliphatic heterocycles. The Kier molecular flexibility index (Phi) is 7.28. The van der Waals surface area contributed by atoms with Crippen molar-refractivity contribution < 1.29 is 9.53 Å². The molecule has 0 bridgehead atoms. The molecular formula is C24H31N3O2. The number of rotatable bonds is 10. The molecule has 0 atom stereocenters. The summed E-state index contributed by atoms with van der Waals surface area (Å²) in [6, 6.07) is 15.6. The fraction of sp³-hybridized carbons (Fsp3) is 0.417.